The van der Waals surface area contributed by atoms with Crippen LogP contribution in [0.15, 0.2) is 23.6 Å². The van der Waals surface area contributed by atoms with Crippen LogP contribution < -0.4 is 5.30 Å². The summed E-state index contributed by atoms with van der Waals surface area (Å²) in [6.07, 6.45) is 2.06. The molecule has 1 nitrogen and oxygen atoms in total. The minimum atomic E-state index is 0.611. The Morgan fingerprint density at radius 2 is 2.21 bits per heavy atom. The van der Waals surface area contributed by atoms with Gasteiger partial charge in [0, 0.05) is 0 Å². The zero-order valence-electron chi connectivity index (χ0n) is 8.37. The Morgan fingerprint density at radius 3 is 2.79 bits per heavy atom. The van der Waals surface area contributed by atoms with Crippen molar-refractivity contribution in [2.24, 2.45) is 0 Å². The van der Waals surface area contributed by atoms with Crippen molar-refractivity contribution in [2.75, 3.05) is 0 Å². The number of nitrogens with one attached hydrogen (secondary N) is 1. The maximum Gasteiger partial charge on any atom is 0.0652 e. The molecule has 0 saturated carbocycles. The zero-order chi connectivity index (χ0) is 10.6. The van der Waals surface area contributed by atoms with E-state index in [2.05, 4.69) is 34.4 Å². The lowest BCUT2D eigenvalue weighted by molar-refractivity contribution is 1.47. The topological polar surface area (TPSA) is 23.9 Å². The molecule has 14 heavy (non-hydrogen) atoms. The number of aryl methyl sites for hydroxylation is 1. The number of rotatable bonds is 2. The van der Waals surface area contributed by atoms with Gasteiger partial charge in [0.15, 0.2) is 0 Å². The van der Waals surface area contributed by atoms with Crippen molar-refractivity contribution >= 4 is 37.4 Å². The van der Waals surface area contributed by atoms with E-state index in [0.717, 1.165) is 0 Å². The van der Waals surface area contributed by atoms with Crippen LogP contribution in [-0.2, 0) is 0 Å². The molecule has 1 N–H and O–H groups in total. The lowest BCUT2D eigenvalue weighted by Crippen LogP contribution is -1.97. The largest absolute Gasteiger partial charge is 0.298 e. The van der Waals surface area contributed by atoms with Crippen LogP contribution in [0.4, 0.5) is 0 Å². The molecule has 0 fully saturated rings. The Balaban J connectivity index is 2.85. The van der Waals surface area contributed by atoms with Crippen molar-refractivity contribution in [1.29, 1.82) is 5.41 Å². The van der Waals surface area contributed by atoms with Gasteiger partial charge in [-0.05, 0) is 41.8 Å². The summed E-state index contributed by atoms with van der Waals surface area (Å²) in [5.74, 6) is 0. The molecular formula is C11H14NPS. The van der Waals surface area contributed by atoms with Crippen molar-refractivity contribution in [3.63, 3.8) is 0 Å². The van der Waals surface area contributed by atoms with Gasteiger partial charge in [-0.1, -0.05) is 30.0 Å². The summed E-state index contributed by atoms with van der Waals surface area (Å²) in [6.45, 7) is 3.88. The SMILES string of the molecule is CC(=N)S/C=C/c1c(C)cccc1P. The Hall–Kier alpha value is -0.590. The molecule has 3 heteroatoms. The first-order valence-electron chi connectivity index (χ1n) is 4.34. The fraction of sp³-hybridized carbons (Fsp3) is 0.182. The molecule has 0 radical (unpaired) electrons. The van der Waals surface area contributed by atoms with Gasteiger partial charge in [-0.3, -0.25) is 5.41 Å². The number of hydrogen-bond acceptors (Lipinski definition) is 2. The van der Waals surface area contributed by atoms with Crippen molar-refractivity contribution in [1.82, 2.24) is 0 Å². The Bertz CT molecular complexity index is 351. The highest BCUT2D eigenvalue weighted by Crippen LogP contribution is 2.13. The fourth-order valence-electron chi connectivity index (χ4n) is 1.14. The molecule has 0 bridgehead atoms. The predicted octanol–water partition coefficient (Wildman–Crippen LogP) is 3.20. The minimum absolute atomic E-state index is 0.611. The van der Waals surface area contributed by atoms with Gasteiger partial charge in [0.05, 0.1) is 5.04 Å². The van der Waals surface area contributed by atoms with Crippen LogP contribution in [0.25, 0.3) is 6.08 Å². The molecule has 0 spiro atoms. The van der Waals surface area contributed by atoms with E-state index in [1.165, 1.54) is 28.2 Å². The van der Waals surface area contributed by atoms with E-state index in [-0.39, 0.29) is 0 Å². The highest BCUT2D eigenvalue weighted by Gasteiger charge is 1.96. The first-order chi connectivity index (χ1) is 6.61. The van der Waals surface area contributed by atoms with E-state index in [4.69, 9.17) is 5.41 Å². The third-order valence-electron chi connectivity index (χ3n) is 1.84. The normalized spacial score (nSPS) is 10.8. The highest BCUT2D eigenvalue weighted by atomic mass is 32.2. The highest BCUT2D eigenvalue weighted by molar-refractivity contribution is 8.16. The Labute approximate surface area is 91.7 Å². The fourth-order valence-corrected chi connectivity index (χ4v) is 1.98. The molecule has 1 aromatic carbocycles. The average Bonchev–Trinajstić information content (AvgIpc) is 2.09. The van der Waals surface area contributed by atoms with E-state index >= 15 is 0 Å². The van der Waals surface area contributed by atoms with Gasteiger partial charge in [-0.2, -0.15) is 0 Å². The lowest BCUT2D eigenvalue weighted by atomic mass is 10.1. The number of thioether (sulfide) groups is 1. The molecule has 74 valence electrons. The summed E-state index contributed by atoms with van der Waals surface area (Å²) in [5, 5.41) is 11.0. The second kappa shape index (κ2) is 5.33. The van der Waals surface area contributed by atoms with E-state index in [9.17, 15) is 0 Å². The third-order valence-corrected chi connectivity index (χ3v) is 2.97. The third kappa shape index (κ3) is 3.28. The molecule has 1 unspecified atom stereocenters. The van der Waals surface area contributed by atoms with Crippen molar-refractivity contribution in [3.8, 4) is 0 Å². The monoisotopic (exact) mass is 223 g/mol. The molecule has 1 atom stereocenters. The Kier molecular flexibility index (Phi) is 4.37. The molecule has 0 amide bonds. The van der Waals surface area contributed by atoms with E-state index < -0.39 is 0 Å². The van der Waals surface area contributed by atoms with Gasteiger partial charge in [-0.25, -0.2) is 0 Å². The smallest absolute Gasteiger partial charge is 0.0652 e. The molecule has 0 aromatic heterocycles. The standard InChI is InChI=1S/C11H14NPS/c1-8-4-3-5-11(13)10(8)6-7-14-9(2)12/h3-7,12H,13H2,1-2H3/b7-6+,12-9?. The van der Waals surface area contributed by atoms with Gasteiger partial charge in [0.2, 0.25) is 0 Å². The van der Waals surface area contributed by atoms with Crippen LogP contribution >= 0.6 is 21.0 Å². The van der Waals surface area contributed by atoms with E-state index in [1.54, 1.807) is 6.92 Å². The average molecular weight is 223 g/mol. The lowest BCUT2D eigenvalue weighted by Gasteiger charge is -2.03. The van der Waals surface area contributed by atoms with Gasteiger partial charge in [0.1, 0.15) is 0 Å². The first-order valence-corrected chi connectivity index (χ1v) is 5.80. The molecule has 1 rings (SSSR count). The zero-order valence-corrected chi connectivity index (χ0v) is 10.3. The molecule has 0 aliphatic rings. The van der Waals surface area contributed by atoms with Gasteiger partial charge in [0.25, 0.3) is 0 Å². The minimum Gasteiger partial charge on any atom is -0.298 e. The Morgan fingerprint density at radius 1 is 1.50 bits per heavy atom. The molecular weight excluding hydrogens is 209 g/mol. The molecule has 0 heterocycles. The number of benzene rings is 1. The summed E-state index contributed by atoms with van der Waals surface area (Å²) < 4.78 is 0. The molecule has 0 aliphatic carbocycles. The van der Waals surface area contributed by atoms with Crippen LogP contribution in [0.1, 0.15) is 18.1 Å². The van der Waals surface area contributed by atoms with Gasteiger partial charge >= 0.3 is 0 Å². The van der Waals surface area contributed by atoms with Crippen molar-refractivity contribution in [3.05, 3.63) is 34.7 Å². The van der Waals surface area contributed by atoms with Crippen LogP contribution in [0, 0.1) is 12.3 Å². The van der Waals surface area contributed by atoms with Crippen LogP contribution in [0.5, 0.6) is 0 Å². The number of hydrogen-bond donors (Lipinski definition) is 1. The summed E-state index contributed by atoms with van der Waals surface area (Å²) in [4.78, 5) is 0. The van der Waals surface area contributed by atoms with Gasteiger partial charge in [-0.15, -0.1) is 9.24 Å². The maximum atomic E-state index is 7.27. The van der Waals surface area contributed by atoms with E-state index in [0.29, 0.717) is 5.04 Å². The molecule has 0 saturated heterocycles. The summed E-state index contributed by atoms with van der Waals surface area (Å²) in [5.41, 5.74) is 2.49. The molecule has 0 aliphatic heterocycles. The maximum absolute atomic E-state index is 7.27. The van der Waals surface area contributed by atoms with Crippen molar-refractivity contribution in [2.45, 2.75) is 13.8 Å². The van der Waals surface area contributed by atoms with Crippen LogP contribution in [-0.4, -0.2) is 5.04 Å². The van der Waals surface area contributed by atoms with Crippen LogP contribution in [0.2, 0.25) is 0 Å². The summed E-state index contributed by atoms with van der Waals surface area (Å²) >= 11 is 1.44. The van der Waals surface area contributed by atoms with Crippen LogP contribution in [0.3, 0.4) is 0 Å². The molecule has 1 aromatic rings. The second-order valence-corrected chi connectivity index (χ2v) is 4.80. The second-order valence-electron chi connectivity index (χ2n) is 3.05. The van der Waals surface area contributed by atoms with E-state index in [1.807, 2.05) is 11.5 Å². The first kappa shape index (κ1) is 11.5. The van der Waals surface area contributed by atoms with Gasteiger partial charge < -0.3 is 0 Å². The summed E-state index contributed by atoms with van der Waals surface area (Å²) in [6, 6.07) is 6.21. The summed E-state index contributed by atoms with van der Waals surface area (Å²) in [7, 11) is 2.73. The quantitative estimate of drug-likeness (QED) is 0.464. The van der Waals surface area contributed by atoms with Crippen molar-refractivity contribution < 1.29 is 0 Å². The predicted molar refractivity (Wildman–Crippen MR) is 70.5 cm³/mol.